The highest BCUT2D eigenvalue weighted by Crippen LogP contribution is 2.06. The van der Waals surface area contributed by atoms with Crippen LogP contribution in [0.1, 0.15) is 18.9 Å². The summed E-state index contributed by atoms with van der Waals surface area (Å²) in [6, 6.07) is 9.95. The predicted molar refractivity (Wildman–Crippen MR) is 61.6 cm³/mol. The van der Waals surface area contributed by atoms with Crippen LogP contribution in [0.2, 0.25) is 0 Å². The van der Waals surface area contributed by atoms with Crippen LogP contribution in [-0.2, 0) is 9.53 Å². The molecule has 0 saturated carbocycles. The molecule has 0 amide bonds. The van der Waals surface area contributed by atoms with Crippen LogP contribution in [0.25, 0.3) is 6.08 Å². The van der Waals surface area contributed by atoms with Gasteiger partial charge in [0.05, 0.1) is 6.10 Å². The number of rotatable bonds is 5. The quantitative estimate of drug-likeness (QED) is 0.737. The first-order chi connectivity index (χ1) is 7.22. The van der Waals surface area contributed by atoms with Gasteiger partial charge < -0.3 is 4.74 Å². The summed E-state index contributed by atoms with van der Waals surface area (Å²) in [5, 5.41) is 0. The van der Waals surface area contributed by atoms with E-state index in [9.17, 15) is 4.79 Å². The predicted octanol–water partition coefficient (Wildman–Crippen LogP) is 2.69. The maximum atomic E-state index is 10.9. The molecule has 0 aliphatic rings. The third-order valence-corrected chi connectivity index (χ3v) is 2.09. The lowest BCUT2D eigenvalue weighted by atomic mass is 10.1. The summed E-state index contributed by atoms with van der Waals surface area (Å²) in [6.45, 7) is 1.57. The first-order valence-electron chi connectivity index (χ1n) is 4.98. The van der Waals surface area contributed by atoms with Gasteiger partial charge in [-0.3, -0.25) is 4.79 Å². The highest BCUT2D eigenvalue weighted by molar-refractivity contribution is 5.76. The molecule has 0 aromatic heterocycles. The molecule has 1 aromatic carbocycles. The van der Waals surface area contributed by atoms with E-state index < -0.39 is 0 Å². The lowest BCUT2D eigenvalue weighted by molar-refractivity contribution is -0.118. The standard InChI is InChI=1S/C13H16O2/c1-11(14)10-13(15-2)9-8-12-6-4-3-5-7-12/h3-9,13H,10H2,1-2H3/b9-8+. The Morgan fingerprint density at radius 2 is 2.07 bits per heavy atom. The van der Waals surface area contributed by atoms with Crippen molar-refractivity contribution in [2.75, 3.05) is 7.11 Å². The summed E-state index contributed by atoms with van der Waals surface area (Å²) in [5.41, 5.74) is 1.11. The number of ether oxygens (including phenoxy) is 1. The molecule has 0 N–H and O–H groups in total. The zero-order valence-electron chi connectivity index (χ0n) is 9.14. The van der Waals surface area contributed by atoms with Crippen LogP contribution >= 0.6 is 0 Å². The van der Waals surface area contributed by atoms with Gasteiger partial charge in [0.15, 0.2) is 0 Å². The summed E-state index contributed by atoms with van der Waals surface area (Å²) in [5.74, 6) is 0.138. The van der Waals surface area contributed by atoms with Crippen LogP contribution in [0.5, 0.6) is 0 Å². The van der Waals surface area contributed by atoms with E-state index in [1.54, 1.807) is 14.0 Å². The van der Waals surface area contributed by atoms with E-state index in [1.165, 1.54) is 0 Å². The van der Waals surface area contributed by atoms with Crippen LogP contribution < -0.4 is 0 Å². The van der Waals surface area contributed by atoms with Gasteiger partial charge in [0.2, 0.25) is 0 Å². The smallest absolute Gasteiger partial charge is 0.132 e. The van der Waals surface area contributed by atoms with Crippen LogP contribution in [0.4, 0.5) is 0 Å². The first kappa shape index (κ1) is 11.7. The number of ketones is 1. The molecule has 2 heteroatoms. The van der Waals surface area contributed by atoms with Crippen molar-refractivity contribution < 1.29 is 9.53 Å². The maximum absolute atomic E-state index is 10.9. The lowest BCUT2D eigenvalue weighted by Crippen LogP contribution is -2.11. The molecular weight excluding hydrogens is 188 g/mol. The summed E-state index contributed by atoms with van der Waals surface area (Å²) < 4.78 is 5.18. The molecule has 0 fully saturated rings. The number of hydrogen-bond acceptors (Lipinski definition) is 2. The van der Waals surface area contributed by atoms with Crippen molar-refractivity contribution in [1.82, 2.24) is 0 Å². The highest BCUT2D eigenvalue weighted by Gasteiger charge is 2.05. The van der Waals surface area contributed by atoms with E-state index in [-0.39, 0.29) is 11.9 Å². The Bertz CT molecular complexity index is 328. The Kier molecular flexibility index (Phi) is 4.78. The van der Waals surface area contributed by atoms with E-state index in [2.05, 4.69) is 0 Å². The second kappa shape index (κ2) is 6.14. The van der Waals surface area contributed by atoms with E-state index in [1.807, 2.05) is 42.5 Å². The van der Waals surface area contributed by atoms with Crippen molar-refractivity contribution in [2.24, 2.45) is 0 Å². The number of hydrogen-bond donors (Lipinski definition) is 0. The van der Waals surface area contributed by atoms with Crippen molar-refractivity contribution in [3.63, 3.8) is 0 Å². The molecular formula is C13H16O2. The van der Waals surface area contributed by atoms with E-state index in [4.69, 9.17) is 4.74 Å². The van der Waals surface area contributed by atoms with Gasteiger partial charge in [-0.05, 0) is 12.5 Å². The Hall–Kier alpha value is -1.41. The Morgan fingerprint density at radius 1 is 1.40 bits per heavy atom. The molecule has 2 nitrogen and oxygen atoms in total. The Morgan fingerprint density at radius 3 is 2.60 bits per heavy atom. The van der Waals surface area contributed by atoms with Gasteiger partial charge in [-0.25, -0.2) is 0 Å². The normalized spacial score (nSPS) is 12.9. The minimum atomic E-state index is -0.122. The minimum Gasteiger partial charge on any atom is -0.377 e. The second-order valence-electron chi connectivity index (χ2n) is 3.45. The molecule has 0 bridgehead atoms. The SMILES string of the molecule is COC(/C=C/c1ccccc1)CC(C)=O. The zero-order valence-corrected chi connectivity index (χ0v) is 9.14. The lowest BCUT2D eigenvalue weighted by Gasteiger charge is -2.07. The molecule has 0 heterocycles. The van der Waals surface area contributed by atoms with Crippen LogP contribution in [0, 0.1) is 0 Å². The first-order valence-corrected chi connectivity index (χ1v) is 4.98. The molecule has 1 rings (SSSR count). The van der Waals surface area contributed by atoms with Gasteiger partial charge in [-0.15, -0.1) is 0 Å². The number of carbonyl (C=O) groups is 1. The van der Waals surface area contributed by atoms with E-state index in [0.29, 0.717) is 6.42 Å². The molecule has 1 atom stereocenters. The van der Waals surface area contributed by atoms with Gasteiger partial charge in [0.25, 0.3) is 0 Å². The Labute approximate surface area is 90.6 Å². The van der Waals surface area contributed by atoms with Crippen LogP contribution in [0.15, 0.2) is 36.4 Å². The van der Waals surface area contributed by atoms with E-state index >= 15 is 0 Å². The molecule has 0 radical (unpaired) electrons. The highest BCUT2D eigenvalue weighted by atomic mass is 16.5. The fraction of sp³-hybridized carbons (Fsp3) is 0.308. The summed E-state index contributed by atoms with van der Waals surface area (Å²) in [4.78, 5) is 10.9. The number of methoxy groups -OCH3 is 1. The van der Waals surface area contributed by atoms with Crippen molar-refractivity contribution in [3.05, 3.63) is 42.0 Å². The molecule has 0 saturated heterocycles. The van der Waals surface area contributed by atoms with Crippen LogP contribution in [-0.4, -0.2) is 19.0 Å². The minimum absolute atomic E-state index is 0.122. The van der Waals surface area contributed by atoms with Crippen LogP contribution in [0.3, 0.4) is 0 Å². The van der Waals surface area contributed by atoms with Crippen molar-refractivity contribution in [3.8, 4) is 0 Å². The average Bonchev–Trinajstić information content (AvgIpc) is 2.25. The zero-order chi connectivity index (χ0) is 11.1. The van der Waals surface area contributed by atoms with Gasteiger partial charge in [0, 0.05) is 13.5 Å². The monoisotopic (exact) mass is 204 g/mol. The van der Waals surface area contributed by atoms with Gasteiger partial charge in [0.1, 0.15) is 5.78 Å². The topological polar surface area (TPSA) is 26.3 Å². The van der Waals surface area contributed by atoms with Crippen molar-refractivity contribution in [1.29, 1.82) is 0 Å². The number of Topliss-reactive ketones (excluding diaryl/α,β-unsaturated/α-hetero) is 1. The summed E-state index contributed by atoms with van der Waals surface area (Å²) in [7, 11) is 1.61. The fourth-order valence-electron chi connectivity index (χ4n) is 1.30. The maximum Gasteiger partial charge on any atom is 0.132 e. The van der Waals surface area contributed by atoms with Gasteiger partial charge in [-0.2, -0.15) is 0 Å². The van der Waals surface area contributed by atoms with Gasteiger partial charge in [-0.1, -0.05) is 42.5 Å². The number of benzene rings is 1. The average molecular weight is 204 g/mol. The molecule has 80 valence electrons. The largest absolute Gasteiger partial charge is 0.377 e. The third kappa shape index (κ3) is 4.56. The molecule has 0 aliphatic heterocycles. The summed E-state index contributed by atoms with van der Waals surface area (Å²) in [6.07, 6.45) is 4.19. The molecule has 0 spiro atoms. The van der Waals surface area contributed by atoms with E-state index in [0.717, 1.165) is 5.56 Å². The second-order valence-corrected chi connectivity index (χ2v) is 3.45. The third-order valence-electron chi connectivity index (χ3n) is 2.09. The molecule has 15 heavy (non-hydrogen) atoms. The molecule has 0 aliphatic carbocycles. The molecule has 1 aromatic rings. The van der Waals surface area contributed by atoms with Crippen molar-refractivity contribution >= 4 is 11.9 Å². The number of carbonyl (C=O) groups excluding carboxylic acids is 1. The molecule has 1 unspecified atom stereocenters. The summed E-state index contributed by atoms with van der Waals surface area (Å²) >= 11 is 0. The van der Waals surface area contributed by atoms with Gasteiger partial charge >= 0.3 is 0 Å². The van der Waals surface area contributed by atoms with Crippen molar-refractivity contribution in [2.45, 2.75) is 19.4 Å². The Balaban J connectivity index is 2.58. The fourth-order valence-corrected chi connectivity index (χ4v) is 1.30.